The summed E-state index contributed by atoms with van der Waals surface area (Å²) in [5.74, 6) is 0.266. The van der Waals surface area contributed by atoms with E-state index in [1.165, 1.54) is 0 Å². The van der Waals surface area contributed by atoms with Gasteiger partial charge in [-0.1, -0.05) is 46.3 Å². The van der Waals surface area contributed by atoms with Crippen LogP contribution in [0, 0.1) is 0 Å². The van der Waals surface area contributed by atoms with Crippen molar-refractivity contribution in [2.24, 2.45) is 0 Å². The van der Waals surface area contributed by atoms with Crippen LogP contribution in [0.1, 0.15) is 34.5 Å². The maximum absolute atomic E-state index is 13.5. The highest BCUT2D eigenvalue weighted by atomic mass is 79.9. The second kappa shape index (κ2) is 8.71. The first-order valence-electron chi connectivity index (χ1n) is 9.75. The van der Waals surface area contributed by atoms with Crippen LogP contribution >= 0.6 is 15.9 Å². The number of halogens is 1. The van der Waals surface area contributed by atoms with Crippen molar-refractivity contribution in [2.45, 2.75) is 13.0 Å². The van der Waals surface area contributed by atoms with E-state index in [4.69, 9.17) is 4.74 Å². The average Bonchev–Trinajstić information content (AvgIpc) is 2.90. The first-order chi connectivity index (χ1) is 14.6. The highest BCUT2D eigenvalue weighted by molar-refractivity contribution is 9.10. The second-order valence-corrected chi connectivity index (χ2v) is 7.90. The van der Waals surface area contributed by atoms with Gasteiger partial charge in [0.05, 0.1) is 12.6 Å². The van der Waals surface area contributed by atoms with Gasteiger partial charge in [0.2, 0.25) is 5.91 Å². The van der Waals surface area contributed by atoms with E-state index in [2.05, 4.69) is 21.2 Å². The third kappa shape index (κ3) is 4.09. The zero-order valence-corrected chi connectivity index (χ0v) is 18.1. The quantitative estimate of drug-likeness (QED) is 0.588. The van der Waals surface area contributed by atoms with E-state index in [9.17, 15) is 9.59 Å². The number of benzene rings is 3. The second-order valence-electron chi connectivity index (χ2n) is 6.98. The van der Waals surface area contributed by atoms with E-state index < -0.39 is 6.04 Å². The zero-order chi connectivity index (χ0) is 21.1. The maximum atomic E-state index is 13.5. The van der Waals surface area contributed by atoms with Crippen LogP contribution in [-0.2, 0) is 4.79 Å². The van der Waals surface area contributed by atoms with Crippen LogP contribution in [0.5, 0.6) is 5.75 Å². The molecule has 2 amide bonds. The van der Waals surface area contributed by atoms with Gasteiger partial charge in [-0.25, -0.2) is 0 Å². The van der Waals surface area contributed by atoms with Crippen LogP contribution in [0.2, 0.25) is 0 Å². The van der Waals surface area contributed by atoms with Gasteiger partial charge in [0.15, 0.2) is 0 Å². The molecule has 0 spiro atoms. The fourth-order valence-electron chi connectivity index (χ4n) is 3.69. The van der Waals surface area contributed by atoms with E-state index in [1.807, 2.05) is 55.5 Å². The Kier molecular flexibility index (Phi) is 5.86. The smallest absolute Gasteiger partial charge is 0.255 e. The number of rotatable bonds is 4. The molecule has 152 valence electrons. The van der Waals surface area contributed by atoms with Crippen molar-refractivity contribution in [3.63, 3.8) is 0 Å². The molecule has 0 radical (unpaired) electrons. The number of carbonyl (C=O) groups excluding carboxylic acids is 2. The van der Waals surface area contributed by atoms with Crippen molar-refractivity contribution < 1.29 is 14.3 Å². The summed E-state index contributed by atoms with van der Waals surface area (Å²) >= 11 is 3.53. The standard InChI is InChI=1S/C24H21BrN2O3/c1-2-30-19-11-8-17(9-12-19)24(29)27-15-22(28)26-21-13-10-18(25)14-20(21)23(27)16-6-4-3-5-7-16/h3-14,23H,2,15H2,1H3,(H,26,28)/t23-/m0/s1. The number of amides is 2. The van der Waals surface area contributed by atoms with Crippen molar-refractivity contribution in [1.82, 2.24) is 4.90 Å². The Labute approximate surface area is 183 Å². The molecule has 1 heterocycles. The monoisotopic (exact) mass is 464 g/mol. The van der Waals surface area contributed by atoms with Crippen LogP contribution in [-0.4, -0.2) is 29.9 Å². The molecule has 0 aliphatic carbocycles. The lowest BCUT2D eigenvalue weighted by Crippen LogP contribution is -2.39. The van der Waals surface area contributed by atoms with Gasteiger partial charge < -0.3 is 15.0 Å². The minimum atomic E-state index is -0.406. The number of ether oxygens (including phenoxy) is 1. The molecule has 0 unspecified atom stereocenters. The normalized spacial score (nSPS) is 15.7. The molecule has 0 aromatic heterocycles. The maximum Gasteiger partial charge on any atom is 0.255 e. The molecule has 1 aliphatic rings. The third-order valence-corrected chi connectivity index (χ3v) is 5.49. The topological polar surface area (TPSA) is 58.6 Å². The van der Waals surface area contributed by atoms with E-state index >= 15 is 0 Å². The molecule has 30 heavy (non-hydrogen) atoms. The summed E-state index contributed by atoms with van der Waals surface area (Å²) < 4.78 is 6.36. The molecule has 3 aromatic carbocycles. The number of hydrogen-bond acceptors (Lipinski definition) is 3. The number of anilines is 1. The third-order valence-electron chi connectivity index (χ3n) is 5.00. The lowest BCUT2D eigenvalue weighted by Gasteiger charge is -2.30. The number of nitrogens with zero attached hydrogens (tertiary/aromatic N) is 1. The summed E-state index contributed by atoms with van der Waals surface area (Å²) in [7, 11) is 0. The SMILES string of the molecule is CCOc1ccc(C(=O)N2CC(=O)Nc3ccc(Br)cc3[C@@H]2c2ccccc2)cc1. The number of carbonyl (C=O) groups is 2. The summed E-state index contributed by atoms with van der Waals surface area (Å²) in [6.45, 7) is 2.42. The predicted octanol–water partition coefficient (Wildman–Crippen LogP) is 5.03. The average molecular weight is 465 g/mol. The Hall–Kier alpha value is -3.12. The van der Waals surface area contributed by atoms with E-state index in [0.29, 0.717) is 23.6 Å². The lowest BCUT2D eigenvalue weighted by molar-refractivity contribution is -0.117. The molecule has 0 bridgehead atoms. The van der Waals surface area contributed by atoms with Gasteiger partial charge in [-0.15, -0.1) is 0 Å². The lowest BCUT2D eigenvalue weighted by atomic mass is 9.95. The van der Waals surface area contributed by atoms with Crippen LogP contribution < -0.4 is 10.1 Å². The Morgan fingerprint density at radius 1 is 1.10 bits per heavy atom. The van der Waals surface area contributed by atoms with Gasteiger partial charge in [-0.3, -0.25) is 9.59 Å². The van der Waals surface area contributed by atoms with Crippen LogP contribution in [0.15, 0.2) is 77.3 Å². The molecular formula is C24H21BrN2O3. The van der Waals surface area contributed by atoms with Gasteiger partial charge in [-0.05, 0) is 55.0 Å². The van der Waals surface area contributed by atoms with Crippen molar-refractivity contribution in [1.29, 1.82) is 0 Å². The summed E-state index contributed by atoms with van der Waals surface area (Å²) in [5, 5.41) is 2.94. The molecule has 4 rings (SSSR count). The Morgan fingerprint density at radius 2 is 1.83 bits per heavy atom. The zero-order valence-electron chi connectivity index (χ0n) is 16.5. The summed E-state index contributed by atoms with van der Waals surface area (Å²) in [6.07, 6.45) is 0. The van der Waals surface area contributed by atoms with E-state index in [-0.39, 0.29) is 18.4 Å². The fourth-order valence-corrected chi connectivity index (χ4v) is 4.07. The largest absolute Gasteiger partial charge is 0.494 e. The van der Waals surface area contributed by atoms with Gasteiger partial charge in [-0.2, -0.15) is 0 Å². The van der Waals surface area contributed by atoms with Crippen molar-refractivity contribution in [2.75, 3.05) is 18.5 Å². The molecule has 1 atom stereocenters. The van der Waals surface area contributed by atoms with Gasteiger partial charge in [0.1, 0.15) is 12.3 Å². The summed E-state index contributed by atoms with van der Waals surface area (Å²) in [4.78, 5) is 27.8. The molecule has 0 saturated carbocycles. The Morgan fingerprint density at radius 3 is 2.53 bits per heavy atom. The predicted molar refractivity (Wildman–Crippen MR) is 120 cm³/mol. The Bertz CT molecular complexity index is 1070. The summed E-state index contributed by atoms with van der Waals surface area (Å²) in [6, 6.07) is 22.1. The van der Waals surface area contributed by atoms with Crippen molar-refractivity contribution in [3.8, 4) is 5.75 Å². The van der Waals surface area contributed by atoms with Crippen LogP contribution in [0.4, 0.5) is 5.69 Å². The Balaban J connectivity index is 1.81. The first-order valence-corrected chi connectivity index (χ1v) is 10.5. The minimum Gasteiger partial charge on any atom is -0.494 e. The highest BCUT2D eigenvalue weighted by Gasteiger charge is 2.34. The van der Waals surface area contributed by atoms with Crippen molar-refractivity contribution >= 4 is 33.4 Å². The fraction of sp³-hybridized carbons (Fsp3) is 0.167. The molecule has 0 fully saturated rings. The van der Waals surface area contributed by atoms with Crippen molar-refractivity contribution in [3.05, 3.63) is 94.0 Å². The molecule has 3 aromatic rings. The number of nitrogens with one attached hydrogen (secondary N) is 1. The molecular weight excluding hydrogens is 444 g/mol. The van der Waals surface area contributed by atoms with E-state index in [1.54, 1.807) is 29.2 Å². The molecule has 5 nitrogen and oxygen atoms in total. The number of hydrogen-bond donors (Lipinski definition) is 1. The molecule has 1 aliphatic heterocycles. The van der Waals surface area contributed by atoms with Gasteiger partial charge >= 0.3 is 0 Å². The minimum absolute atomic E-state index is 0.0437. The number of fused-ring (bicyclic) bond motifs is 1. The first kappa shape index (κ1) is 20.2. The van der Waals surface area contributed by atoms with Crippen LogP contribution in [0.3, 0.4) is 0 Å². The van der Waals surface area contributed by atoms with Gasteiger partial charge in [0, 0.05) is 21.3 Å². The summed E-state index contributed by atoms with van der Waals surface area (Å²) in [5.41, 5.74) is 3.01. The molecule has 6 heteroatoms. The van der Waals surface area contributed by atoms with E-state index in [0.717, 1.165) is 15.6 Å². The van der Waals surface area contributed by atoms with Gasteiger partial charge in [0.25, 0.3) is 5.91 Å². The molecule has 0 saturated heterocycles. The highest BCUT2D eigenvalue weighted by Crippen LogP contribution is 2.38. The molecule has 1 N–H and O–H groups in total. The van der Waals surface area contributed by atoms with Crippen LogP contribution in [0.25, 0.3) is 0 Å².